The number of carbonyl (C=O) groups is 2. The first kappa shape index (κ1) is 25.9. The molecule has 0 saturated heterocycles. The highest BCUT2D eigenvalue weighted by molar-refractivity contribution is 5.90. The molecule has 33 heavy (non-hydrogen) atoms. The fourth-order valence-corrected chi connectivity index (χ4v) is 2.37. The molecule has 0 bridgehead atoms. The molecule has 0 aliphatic rings. The molecule has 0 aromatic heterocycles. The first-order valence-corrected chi connectivity index (χ1v) is 8.68. The standard InChI is InChI=1S/C19H10F10O4/c1-5(4-33-19(31)7-10(22)14(26)17(29)15(27)11(7)23)2-3-32-18(30)6-8(20)12(24)16(28)13(25)9(6)21/h5H,2-4H2,1H3. The van der Waals surface area contributed by atoms with Crippen LogP contribution in [0.1, 0.15) is 34.1 Å². The van der Waals surface area contributed by atoms with Crippen molar-refractivity contribution in [3.63, 3.8) is 0 Å². The second-order valence-corrected chi connectivity index (χ2v) is 6.52. The molecule has 0 aliphatic heterocycles. The zero-order valence-corrected chi connectivity index (χ0v) is 16.1. The Bertz CT molecular complexity index is 1060. The van der Waals surface area contributed by atoms with Crippen LogP contribution >= 0.6 is 0 Å². The van der Waals surface area contributed by atoms with E-state index in [0.717, 1.165) is 0 Å². The lowest BCUT2D eigenvalue weighted by atomic mass is 10.1. The number of esters is 2. The second kappa shape index (κ2) is 10.1. The molecule has 0 radical (unpaired) electrons. The lowest BCUT2D eigenvalue weighted by molar-refractivity contribution is 0.0352. The Morgan fingerprint density at radius 1 is 0.576 bits per heavy atom. The van der Waals surface area contributed by atoms with Crippen molar-refractivity contribution in [2.24, 2.45) is 5.92 Å². The van der Waals surface area contributed by atoms with Crippen molar-refractivity contribution in [1.82, 2.24) is 0 Å². The van der Waals surface area contributed by atoms with Crippen molar-refractivity contribution in [2.45, 2.75) is 13.3 Å². The van der Waals surface area contributed by atoms with Crippen molar-refractivity contribution < 1.29 is 63.0 Å². The van der Waals surface area contributed by atoms with E-state index in [1.54, 1.807) is 0 Å². The van der Waals surface area contributed by atoms with Gasteiger partial charge in [-0.05, 0) is 12.3 Å². The number of benzene rings is 2. The predicted molar refractivity (Wildman–Crippen MR) is 86.8 cm³/mol. The molecule has 2 aromatic carbocycles. The molecule has 2 rings (SSSR count). The first-order chi connectivity index (χ1) is 15.3. The topological polar surface area (TPSA) is 52.6 Å². The zero-order chi connectivity index (χ0) is 25.2. The minimum absolute atomic E-state index is 0.272. The summed E-state index contributed by atoms with van der Waals surface area (Å²) >= 11 is 0. The van der Waals surface area contributed by atoms with E-state index in [9.17, 15) is 53.5 Å². The van der Waals surface area contributed by atoms with Crippen molar-refractivity contribution in [2.75, 3.05) is 13.2 Å². The summed E-state index contributed by atoms with van der Waals surface area (Å²) in [7, 11) is 0. The maximum Gasteiger partial charge on any atom is 0.344 e. The molecule has 0 aliphatic carbocycles. The van der Waals surface area contributed by atoms with Crippen LogP contribution in [0.2, 0.25) is 0 Å². The van der Waals surface area contributed by atoms with Gasteiger partial charge in [-0.3, -0.25) is 0 Å². The van der Waals surface area contributed by atoms with Gasteiger partial charge in [-0.2, -0.15) is 0 Å². The minimum Gasteiger partial charge on any atom is -0.462 e. The Hall–Kier alpha value is -3.32. The van der Waals surface area contributed by atoms with Gasteiger partial charge in [0.15, 0.2) is 46.5 Å². The summed E-state index contributed by atoms with van der Waals surface area (Å²) in [5.74, 6) is -28.7. The Balaban J connectivity index is 1.97. The Morgan fingerprint density at radius 2 is 0.879 bits per heavy atom. The normalized spacial score (nSPS) is 12.0. The van der Waals surface area contributed by atoms with Crippen LogP contribution in [-0.4, -0.2) is 25.2 Å². The quantitative estimate of drug-likeness (QED) is 0.233. The summed E-state index contributed by atoms with van der Waals surface area (Å²) in [4.78, 5) is 23.4. The maximum absolute atomic E-state index is 13.6. The molecule has 180 valence electrons. The smallest absolute Gasteiger partial charge is 0.344 e. The van der Waals surface area contributed by atoms with Crippen LogP contribution in [0.25, 0.3) is 0 Å². The molecule has 0 saturated carbocycles. The van der Waals surface area contributed by atoms with Gasteiger partial charge in [0.05, 0.1) is 13.2 Å². The second-order valence-electron chi connectivity index (χ2n) is 6.52. The molecule has 0 spiro atoms. The number of carbonyl (C=O) groups excluding carboxylic acids is 2. The van der Waals surface area contributed by atoms with Gasteiger partial charge in [-0.15, -0.1) is 0 Å². The molecular formula is C19H10F10O4. The summed E-state index contributed by atoms with van der Waals surface area (Å²) in [6.07, 6.45) is -0.272. The minimum atomic E-state index is -2.48. The molecule has 0 heterocycles. The first-order valence-electron chi connectivity index (χ1n) is 8.68. The largest absolute Gasteiger partial charge is 0.462 e. The lowest BCUT2D eigenvalue weighted by Crippen LogP contribution is -2.20. The van der Waals surface area contributed by atoms with Gasteiger partial charge in [0, 0.05) is 0 Å². The molecule has 0 fully saturated rings. The molecule has 1 unspecified atom stereocenters. The Morgan fingerprint density at radius 3 is 1.24 bits per heavy atom. The van der Waals surface area contributed by atoms with Crippen LogP contribution < -0.4 is 0 Å². The Labute approximate surface area is 177 Å². The predicted octanol–water partition coefficient (Wildman–Crippen LogP) is 5.12. The summed E-state index contributed by atoms with van der Waals surface area (Å²) in [6.45, 7) is -0.101. The summed E-state index contributed by atoms with van der Waals surface area (Å²) in [5.41, 5.74) is -3.67. The van der Waals surface area contributed by atoms with Gasteiger partial charge in [0.2, 0.25) is 11.6 Å². The fourth-order valence-electron chi connectivity index (χ4n) is 2.37. The van der Waals surface area contributed by atoms with Crippen molar-refractivity contribution in [3.8, 4) is 0 Å². The van der Waals surface area contributed by atoms with E-state index in [-0.39, 0.29) is 6.42 Å². The monoisotopic (exact) mass is 492 g/mol. The lowest BCUT2D eigenvalue weighted by Gasteiger charge is -2.14. The zero-order valence-electron chi connectivity index (χ0n) is 16.1. The SMILES string of the molecule is CC(CCOC(=O)c1c(F)c(F)c(F)c(F)c1F)COC(=O)c1c(F)c(F)c(F)c(F)c1F. The van der Waals surface area contributed by atoms with Gasteiger partial charge < -0.3 is 9.47 Å². The van der Waals surface area contributed by atoms with Crippen LogP contribution in [0.5, 0.6) is 0 Å². The van der Waals surface area contributed by atoms with Crippen LogP contribution in [0.3, 0.4) is 0 Å². The van der Waals surface area contributed by atoms with Crippen LogP contribution in [0.4, 0.5) is 43.9 Å². The average Bonchev–Trinajstić information content (AvgIpc) is 2.77. The summed E-state index contributed by atoms with van der Waals surface area (Å²) < 4.78 is 142. The molecule has 0 N–H and O–H groups in total. The van der Waals surface area contributed by atoms with E-state index in [1.165, 1.54) is 6.92 Å². The van der Waals surface area contributed by atoms with Crippen LogP contribution in [0, 0.1) is 64.1 Å². The third-order valence-corrected chi connectivity index (χ3v) is 4.17. The van der Waals surface area contributed by atoms with Gasteiger partial charge >= 0.3 is 11.9 Å². The third kappa shape index (κ3) is 5.03. The van der Waals surface area contributed by atoms with Crippen LogP contribution in [-0.2, 0) is 9.47 Å². The molecule has 4 nitrogen and oxygen atoms in total. The number of rotatable bonds is 7. The fraction of sp³-hybridized carbons (Fsp3) is 0.263. The number of hydrogen-bond donors (Lipinski definition) is 0. The van der Waals surface area contributed by atoms with Gasteiger partial charge in [-0.1, -0.05) is 6.92 Å². The highest BCUT2D eigenvalue weighted by atomic mass is 19.2. The molecule has 14 heteroatoms. The highest BCUT2D eigenvalue weighted by Gasteiger charge is 2.32. The van der Waals surface area contributed by atoms with E-state index in [1.807, 2.05) is 0 Å². The van der Waals surface area contributed by atoms with Gasteiger partial charge in [0.1, 0.15) is 11.1 Å². The number of ether oxygens (including phenoxy) is 2. The third-order valence-electron chi connectivity index (χ3n) is 4.17. The molecule has 1 atom stereocenters. The average molecular weight is 492 g/mol. The van der Waals surface area contributed by atoms with Gasteiger partial charge in [-0.25, -0.2) is 53.5 Å². The Kier molecular flexibility index (Phi) is 7.93. The molecular weight excluding hydrogens is 482 g/mol. The van der Waals surface area contributed by atoms with Gasteiger partial charge in [0.25, 0.3) is 0 Å². The van der Waals surface area contributed by atoms with E-state index in [4.69, 9.17) is 0 Å². The van der Waals surface area contributed by atoms with E-state index < -0.39 is 100 Å². The van der Waals surface area contributed by atoms with E-state index in [2.05, 4.69) is 9.47 Å². The van der Waals surface area contributed by atoms with E-state index >= 15 is 0 Å². The number of halogens is 10. The van der Waals surface area contributed by atoms with Crippen molar-refractivity contribution in [3.05, 3.63) is 69.3 Å². The molecule has 2 aromatic rings. The van der Waals surface area contributed by atoms with Crippen LogP contribution in [0.15, 0.2) is 0 Å². The summed E-state index contributed by atoms with van der Waals surface area (Å²) in [6, 6.07) is 0. The highest BCUT2D eigenvalue weighted by Crippen LogP contribution is 2.25. The van der Waals surface area contributed by atoms with E-state index in [0.29, 0.717) is 0 Å². The van der Waals surface area contributed by atoms with Crippen molar-refractivity contribution >= 4 is 11.9 Å². The summed E-state index contributed by atoms with van der Waals surface area (Å²) in [5, 5.41) is 0. The maximum atomic E-state index is 13.6. The number of hydrogen-bond acceptors (Lipinski definition) is 4. The molecule has 0 amide bonds. The van der Waals surface area contributed by atoms with Crippen molar-refractivity contribution in [1.29, 1.82) is 0 Å².